The monoisotopic (exact) mass is 538 g/mol. The molecule has 0 saturated carbocycles. The Morgan fingerprint density at radius 2 is 1.95 bits per heavy atom. The van der Waals surface area contributed by atoms with Gasteiger partial charge in [0.15, 0.2) is 22.1 Å². The smallest absolute Gasteiger partial charge is 0.330 e. The molecule has 0 aliphatic carbocycles. The number of benzene rings is 1. The minimum absolute atomic E-state index is 0.179. The van der Waals surface area contributed by atoms with Crippen molar-refractivity contribution in [3.63, 3.8) is 0 Å². The summed E-state index contributed by atoms with van der Waals surface area (Å²) in [5.41, 5.74) is 8.99. The Morgan fingerprint density at radius 3 is 2.63 bits per heavy atom. The lowest BCUT2D eigenvalue weighted by Crippen LogP contribution is -2.47. The lowest BCUT2D eigenvalue weighted by molar-refractivity contribution is 0.247. The summed E-state index contributed by atoms with van der Waals surface area (Å²) in [6.45, 7) is 3.79. The van der Waals surface area contributed by atoms with Gasteiger partial charge < -0.3 is 19.6 Å². The maximum Gasteiger partial charge on any atom is 0.330 e. The molecule has 1 aliphatic rings. The zero-order valence-corrected chi connectivity index (χ0v) is 21.8. The van der Waals surface area contributed by atoms with E-state index in [4.69, 9.17) is 10.2 Å². The molecule has 198 valence electrons. The second-order valence-corrected chi connectivity index (χ2v) is 10.7. The summed E-state index contributed by atoms with van der Waals surface area (Å²) in [5.74, 6) is 0.415. The van der Waals surface area contributed by atoms with E-state index in [1.54, 1.807) is 40.6 Å². The van der Waals surface area contributed by atoms with Crippen LogP contribution in [0.5, 0.6) is 0 Å². The number of nitrogens with zero attached hydrogens (tertiary/aromatic N) is 7. The highest BCUT2D eigenvalue weighted by molar-refractivity contribution is 7.90. The molecule has 38 heavy (non-hydrogen) atoms. The number of rotatable bonds is 6. The van der Waals surface area contributed by atoms with Crippen LogP contribution in [-0.2, 0) is 24.8 Å². The molecule has 5 aromatic rings. The molecule has 1 fully saturated rings. The van der Waals surface area contributed by atoms with Gasteiger partial charge in [-0.3, -0.25) is 14.0 Å². The fourth-order valence-corrected chi connectivity index (χ4v) is 5.58. The molecule has 0 unspecified atom stereocenters. The SMILES string of the molecule is Cn1c(=O)n(CCN2CCN(c3ccc([S@@+](C)[O-])cc3F)CC2)c2nc(N)n3nc(-c4ccco4)cc3c21. The molecular formula is C25H27FN8O3S. The van der Waals surface area contributed by atoms with E-state index in [0.29, 0.717) is 64.9 Å². The fourth-order valence-electron chi connectivity index (χ4n) is 5.05. The summed E-state index contributed by atoms with van der Waals surface area (Å²) in [6, 6.07) is 10.2. The van der Waals surface area contributed by atoms with E-state index in [0.717, 1.165) is 13.1 Å². The molecule has 1 saturated heterocycles. The van der Waals surface area contributed by atoms with Crippen molar-refractivity contribution in [2.45, 2.75) is 11.4 Å². The van der Waals surface area contributed by atoms with Crippen molar-refractivity contribution in [2.75, 3.05) is 49.6 Å². The lowest BCUT2D eigenvalue weighted by Gasteiger charge is -2.36. The summed E-state index contributed by atoms with van der Waals surface area (Å²) in [7, 11) is 1.71. The van der Waals surface area contributed by atoms with Gasteiger partial charge in [0, 0.05) is 52.4 Å². The van der Waals surface area contributed by atoms with Gasteiger partial charge in [-0.2, -0.15) is 14.6 Å². The third-order valence-corrected chi connectivity index (χ3v) is 8.01. The molecule has 0 spiro atoms. The largest absolute Gasteiger partial charge is 0.612 e. The molecule has 11 nitrogen and oxygen atoms in total. The van der Waals surface area contributed by atoms with Crippen LogP contribution in [-0.4, -0.2) is 72.2 Å². The van der Waals surface area contributed by atoms with Crippen molar-refractivity contribution >= 4 is 39.5 Å². The third-order valence-electron chi connectivity index (χ3n) is 7.09. The van der Waals surface area contributed by atoms with Crippen LogP contribution in [0.2, 0.25) is 0 Å². The van der Waals surface area contributed by atoms with E-state index < -0.39 is 11.2 Å². The Kier molecular flexibility index (Phi) is 6.13. The first-order valence-corrected chi connectivity index (χ1v) is 13.8. The van der Waals surface area contributed by atoms with Gasteiger partial charge in [0.25, 0.3) is 0 Å². The average molecular weight is 539 g/mol. The Hall–Kier alpha value is -3.81. The number of imidazole rings is 1. The van der Waals surface area contributed by atoms with E-state index in [-0.39, 0.29) is 17.5 Å². The van der Waals surface area contributed by atoms with Gasteiger partial charge in [0.05, 0.1) is 17.5 Å². The van der Waals surface area contributed by atoms with E-state index in [2.05, 4.69) is 15.0 Å². The number of anilines is 2. The number of nitrogens with two attached hydrogens (primary N) is 1. The molecule has 0 amide bonds. The zero-order valence-electron chi connectivity index (χ0n) is 21.0. The molecule has 13 heteroatoms. The predicted octanol–water partition coefficient (Wildman–Crippen LogP) is 1.92. The molecule has 5 heterocycles. The second kappa shape index (κ2) is 9.49. The highest BCUT2D eigenvalue weighted by atomic mass is 32.2. The first-order chi connectivity index (χ1) is 18.3. The van der Waals surface area contributed by atoms with Crippen molar-refractivity contribution in [2.24, 2.45) is 7.05 Å². The summed E-state index contributed by atoms with van der Waals surface area (Å²) in [4.78, 5) is 22.4. The van der Waals surface area contributed by atoms with Gasteiger partial charge in [-0.25, -0.2) is 9.18 Å². The molecule has 0 bridgehead atoms. The molecule has 1 aliphatic heterocycles. The van der Waals surface area contributed by atoms with Gasteiger partial charge in [-0.05, 0) is 41.5 Å². The van der Waals surface area contributed by atoms with Crippen LogP contribution in [0.3, 0.4) is 0 Å². The van der Waals surface area contributed by atoms with Crippen LogP contribution in [0.15, 0.2) is 56.8 Å². The highest BCUT2D eigenvalue weighted by Gasteiger charge is 2.23. The second-order valence-electron chi connectivity index (χ2n) is 9.34. The normalized spacial score (nSPS) is 15.6. The van der Waals surface area contributed by atoms with E-state index >= 15 is 0 Å². The topological polar surface area (TPSA) is 126 Å². The Bertz CT molecular complexity index is 1680. The van der Waals surface area contributed by atoms with Crippen molar-refractivity contribution in [1.82, 2.24) is 28.6 Å². The highest BCUT2D eigenvalue weighted by Crippen LogP contribution is 2.27. The maximum absolute atomic E-state index is 14.6. The van der Waals surface area contributed by atoms with Crippen LogP contribution >= 0.6 is 0 Å². The summed E-state index contributed by atoms with van der Waals surface area (Å²) in [5, 5.41) is 4.51. The van der Waals surface area contributed by atoms with Gasteiger partial charge in [-0.1, -0.05) is 0 Å². The first-order valence-electron chi connectivity index (χ1n) is 12.2. The van der Waals surface area contributed by atoms with Gasteiger partial charge in [-0.15, -0.1) is 0 Å². The van der Waals surface area contributed by atoms with Crippen LogP contribution in [0.25, 0.3) is 28.1 Å². The molecule has 2 N–H and O–H groups in total. The first kappa shape index (κ1) is 24.5. The zero-order chi connectivity index (χ0) is 26.6. The van der Waals surface area contributed by atoms with Crippen molar-refractivity contribution < 1.29 is 13.4 Å². The van der Waals surface area contributed by atoms with Crippen LogP contribution in [0, 0.1) is 5.82 Å². The number of halogens is 1. The van der Waals surface area contributed by atoms with E-state index in [9.17, 15) is 13.7 Å². The molecule has 1 aromatic carbocycles. The van der Waals surface area contributed by atoms with Crippen molar-refractivity contribution in [3.05, 3.63) is 59.0 Å². The van der Waals surface area contributed by atoms with Crippen LogP contribution < -0.4 is 16.3 Å². The number of piperazine rings is 1. The fraction of sp³-hybridized carbons (Fsp3) is 0.320. The average Bonchev–Trinajstić information content (AvgIpc) is 3.63. The predicted molar refractivity (Wildman–Crippen MR) is 143 cm³/mol. The molecule has 1 atom stereocenters. The van der Waals surface area contributed by atoms with Gasteiger partial charge in [0.2, 0.25) is 5.95 Å². The van der Waals surface area contributed by atoms with Crippen LogP contribution in [0.4, 0.5) is 16.0 Å². The van der Waals surface area contributed by atoms with Crippen molar-refractivity contribution in [3.8, 4) is 11.5 Å². The van der Waals surface area contributed by atoms with Crippen LogP contribution in [0.1, 0.15) is 0 Å². The van der Waals surface area contributed by atoms with E-state index in [1.807, 2.05) is 17.0 Å². The molecular weight excluding hydrogens is 511 g/mol. The van der Waals surface area contributed by atoms with Crippen molar-refractivity contribution in [1.29, 1.82) is 0 Å². The maximum atomic E-state index is 14.6. The number of aryl methyl sites for hydroxylation is 1. The number of fused-ring (bicyclic) bond motifs is 3. The number of hydrogen-bond donors (Lipinski definition) is 1. The Labute approximate surface area is 220 Å². The summed E-state index contributed by atoms with van der Waals surface area (Å²) in [6.07, 6.45) is 3.11. The summed E-state index contributed by atoms with van der Waals surface area (Å²) >= 11 is -1.22. The molecule has 0 radical (unpaired) electrons. The number of hydrogen-bond acceptors (Lipinski definition) is 8. The minimum atomic E-state index is -1.22. The number of aromatic nitrogens is 5. The number of nitrogen functional groups attached to an aromatic ring is 1. The Balaban J connectivity index is 1.21. The summed E-state index contributed by atoms with van der Waals surface area (Å²) < 4.78 is 36.5. The quantitative estimate of drug-likeness (QED) is 0.325. The lowest BCUT2D eigenvalue weighted by atomic mass is 10.2. The molecule has 6 rings (SSSR count). The molecule has 4 aromatic heterocycles. The number of furan rings is 1. The van der Waals surface area contributed by atoms with Gasteiger partial charge >= 0.3 is 5.69 Å². The standard InChI is InChI=1S/C25H27FN8O3S/c1-30-22-20-15-18(21-4-3-13-37-21)29-34(20)24(27)28-23(22)33(25(30)35)12-9-31-7-10-32(11-8-31)19-6-5-16(38(2)36)14-17(19)26/h3-6,13-15H,7-12H2,1-2H3,(H2,27,28)/t38-/m1/s1. The van der Waals surface area contributed by atoms with E-state index in [1.165, 1.54) is 16.8 Å². The minimum Gasteiger partial charge on any atom is -0.612 e. The third kappa shape index (κ3) is 4.12. The Morgan fingerprint density at radius 1 is 1.16 bits per heavy atom. The van der Waals surface area contributed by atoms with Gasteiger partial charge in [0.1, 0.15) is 17.5 Å².